The molecule has 0 saturated carbocycles. The monoisotopic (exact) mass is 494 g/mol. The van der Waals surface area contributed by atoms with Gasteiger partial charge in [0.25, 0.3) is 5.91 Å². The van der Waals surface area contributed by atoms with E-state index >= 15 is 0 Å². The lowest BCUT2D eigenvalue weighted by Crippen LogP contribution is -2.16. The van der Waals surface area contributed by atoms with Crippen molar-refractivity contribution in [3.05, 3.63) is 45.8 Å². The zero-order valence-corrected chi connectivity index (χ0v) is 16.8. The summed E-state index contributed by atoms with van der Waals surface area (Å²) in [5.41, 5.74) is -1.44. The molecular formula is C17H12BrF5N4O3. The van der Waals surface area contributed by atoms with Crippen molar-refractivity contribution < 1.29 is 36.2 Å². The van der Waals surface area contributed by atoms with Crippen molar-refractivity contribution in [1.82, 2.24) is 14.6 Å². The zero-order valence-electron chi connectivity index (χ0n) is 15.2. The maximum absolute atomic E-state index is 13.3. The van der Waals surface area contributed by atoms with E-state index in [4.69, 9.17) is 4.74 Å². The van der Waals surface area contributed by atoms with E-state index in [1.807, 2.05) is 0 Å². The zero-order chi connectivity index (χ0) is 22.2. The van der Waals surface area contributed by atoms with Crippen LogP contribution in [0.15, 0.2) is 28.7 Å². The molecule has 1 aromatic carbocycles. The fourth-order valence-electron chi connectivity index (χ4n) is 2.59. The minimum Gasteiger partial charge on any atom is -0.493 e. The fourth-order valence-corrected chi connectivity index (χ4v) is 3.10. The highest BCUT2D eigenvalue weighted by atomic mass is 79.9. The summed E-state index contributed by atoms with van der Waals surface area (Å²) in [5, 5.41) is 6.15. The number of aryl methyl sites for hydroxylation is 1. The number of ether oxygens (including phenoxy) is 2. The van der Waals surface area contributed by atoms with E-state index in [0.29, 0.717) is 4.52 Å². The van der Waals surface area contributed by atoms with E-state index in [2.05, 4.69) is 36.1 Å². The van der Waals surface area contributed by atoms with Gasteiger partial charge in [-0.25, -0.2) is 9.50 Å². The number of nitrogens with one attached hydrogen (secondary N) is 1. The number of carbonyl (C=O) groups is 1. The van der Waals surface area contributed by atoms with E-state index in [0.717, 1.165) is 12.1 Å². The molecule has 13 heteroatoms. The van der Waals surface area contributed by atoms with E-state index in [1.165, 1.54) is 26.2 Å². The molecule has 0 aliphatic rings. The van der Waals surface area contributed by atoms with Crippen LogP contribution in [0.5, 0.6) is 11.5 Å². The molecule has 0 aliphatic heterocycles. The van der Waals surface area contributed by atoms with Gasteiger partial charge in [0.15, 0.2) is 22.8 Å². The second-order valence-corrected chi connectivity index (χ2v) is 6.67. The molecule has 160 valence electrons. The van der Waals surface area contributed by atoms with Gasteiger partial charge in [0.2, 0.25) is 0 Å². The lowest BCUT2D eigenvalue weighted by Gasteiger charge is -2.11. The lowest BCUT2D eigenvalue weighted by molar-refractivity contribution is -0.142. The third kappa shape index (κ3) is 4.30. The van der Waals surface area contributed by atoms with Crippen LogP contribution in [-0.4, -0.2) is 34.2 Å². The van der Waals surface area contributed by atoms with E-state index in [-0.39, 0.29) is 38.7 Å². The summed E-state index contributed by atoms with van der Waals surface area (Å²) < 4.78 is 74.5. The molecule has 0 aliphatic carbocycles. The number of aromatic nitrogens is 3. The quantitative estimate of drug-likeness (QED) is 0.521. The second-order valence-electron chi connectivity index (χ2n) is 5.88. The Hall–Kier alpha value is -2.96. The Morgan fingerprint density at radius 1 is 1.23 bits per heavy atom. The average molecular weight is 495 g/mol. The lowest BCUT2D eigenvalue weighted by atomic mass is 10.2. The Labute approximate surface area is 173 Å². The predicted molar refractivity (Wildman–Crippen MR) is 98.0 cm³/mol. The molecule has 1 N–H and O–H groups in total. The number of fused-ring (bicyclic) bond motifs is 1. The topological polar surface area (TPSA) is 77.8 Å². The molecule has 0 spiro atoms. The maximum Gasteiger partial charge on any atom is 0.433 e. The van der Waals surface area contributed by atoms with Crippen molar-refractivity contribution in [3.8, 4) is 11.5 Å². The van der Waals surface area contributed by atoms with Gasteiger partial charge in [-0.15, -0.1) is 0 Å². The summed E-state index contributed by atoms with van der Waals surface area (Å²) in [4.78, 5) is 16.6. The smallest absolute Gasteiger partial charge is 0.433 e. The Balaban J connectivity index is 1.97. The molecule has 0 bridgehead atoms. The summed E-state index contributed by atoms with van der Waals surface area (Å²) in [6.07, 6.45) is -4.72. The van der Waals surface area contributed by atoms with Crippen molar-refractivity contribution in [1.29, 1.82) is 0 Å². The molecule has 0 atom stereocenters. The number of nitrogens with zero attached hydrogens (tertiary/aromatic N) is 3. The van der Waals surface area contributed by atoms with Gasteiger partial charge in [-0.3, -0.25) is 4.79 Å². The highest BCUT2D eigenvalue weighted by Crippen LogP contribution is 2.34. The average Bonchev–Trinajstić information content (AvgIpc) is 2.98. The number of amides is 1. The van der Waals surface area contributed by atoms with Crippen molar-refractivity contribution in [2.45, 2.75) is 19.7 Å². The van der Waals surface area contributed by atoms with Gasteiger partial charge >= 0.3 is 12.8 Å². The molecule has 1 amide bonds. The summed E-state index contributed by atoms with van der Waals surface area (Å²) >= 11 is 3.07. The third-order valence-corrected chi connectivity index (χ3v) is 4.53. The van der Waals surface area contributed by atoms with Gasteiger partial charge < -0.3 is 14.8 Å². The molecule has 3 aromatic rings. The van der Waals surface area contributed by atoms with Crippen LogP contribution in [0, 0.1) is 6.92 Å². The van der Waals surface area contributed by atoms with Crippen LogP contribution in [0.1, 0.15) is 21.9 Å². The van der Waals surface area contributed by atoms with Gasteiger partial charge in [0.05, 0.1) is 11.6 Å². The minimum absolute atomic E-state index is 0.0428. The normalized spacial score (nSPS) is 11.8. The molecule has 3 rings (SSSR count). The Kier molecular flexibility index (Phi) is 5.83. The largest absolute Gasteiger partial charge is 0.493 e. The number of rotatable bonds is 5. The maximum atomic E-state index is 13.3. The standard InChI is InChI=1S/C17H12BrF5N4O3/c1-7-5-11(17(21,22)23)27-14(24-7)12(18)13(26-27)15(28)25-8-3-4-9(30-16(19)20)10(6-8)29-2/h3-6,16H,1-2H3,(H,25,28). The van der Waals surface area contributed by atoms with Crippen molar-refractivity contribution >= 4 is 33.2 Å². The van der Waals surface area contributed by atoms with Gasteiger partial charge in [0.1, 0.15) is 5.69 Å². The number of carbonyl (C=O) groups excluding carboxylic acids is 1. The molecule has 2 aromatic heterocycles. The Bertz CT molecular complexity index is 1120. The summed E-state index contributed by atoms with van der Waals surface area (Å²) in [6, 6.07) is 4.42. The SMILES string of the molecule is COc1cc(NC(=O)c2nn3c(C(F)(F)F)cc(C)nc3c2Br)ccc1OC(F)F. The first-order valence-electron chi connectivity index (χ1n) is 8.08. The number of hydrogen-bond donors (Lipinski definition) is 1. The van der Waals surface area contributed by atoms with E-state index in [1.54, 1.807) is 0 Å². The third-order valence-electron chi connectivity index (χ3n) is 3.80. The van der Waals surface area contributed by atoms with E-state index < -0.39 is 24.4 Å². The van der Waals surface area contributed by atoms with Crippen LogP contribution >= 0.6 is 15.9 Å². The van der Waals surface area contributed by atoms with Crippen LogP contribution in [0.4, 0.5) is 27.6 Å². The molecule has 0 radical (unpaired) electrons. The van der Waals surface area contributed by atoms with Crippen LogP contribution < -0.4 is 14.8 Å². The summed E-state index contributed by atoms with van der Waals surface area (Å²) in [5.74, 6) is -1.20. The first-order chi connectivity index (χ1) is 14.0. The second kappa shape index (κ2) is 8.05. The van der Waals surface area contributed by atoms with Crippen molar-refractivity contribution in [3.63, 3.8) is 0 Å². The fraction of sp³-hybridized carbons (Fsp3) is 0.235. The number of benzene rings is 1. The van der Waals surface area contributed by atoms with Crippen molar-refractivity contribution in [2.75, 3.05) is 12.4 Å². The number of halogens is 6. The van der Waals surface area contributed by atoms with Gasteiger partial charge in [0, 0.05) is 17.4 Å². The highest BCUT2D eigenvalue weighted by molar-refractivity contribution is 9.10. The van der Waals surface area contributed by atoms with Crippen LogP contribution in [-0.2, 0) is 6.18 Å². The number of methoxy groups -OCH3 is 1. The Morgan fingerprint density at radius 2 is 1.93 bits per heavy atom. The first-order valence-corrected chi connectivity index (χ1v) is 8.88. The highest BCUT2D eigenvalue weighted by Gasteiger charge is 2.36. The number of anilines is 1. The summed E-state index contributed by atoms with van der Waals surface area (Å²) in [7, 11) is 1.21. The predicted octanol–water partition coefficient (Wildman–Crippen LogP) is 4.68. The molecule has 0 unspecified atom stereocenters. The number of alkyl halides is 5. The number of hydrogen-bond acceptors (Lipinski definition) is 5. The molecular weight excluding hydrogens is 483 g/mol. The first kappa shape index (κ1) is 21.7. The Morgan fingerprint density at radius 3 is 2.53 bits per heavy atom. The molecule has 7 nitrogen and oxygen atoms in total. The van der Waals surface area contributed by atoms with Crippen LogP contribution in [0.25, 0.3) is 5.65 Å². The van der Waals surface area contributed by atoms with Crippen LogP contribution in [0.2, 0.25) is 0 Å². The molecule has 30 heavy (non-hydrogen) atoms. The van der Waals surface area contributed by atoms with Gasteiger partial charge in [-0.1, -0.05) is 0 Å². The summed E-state index contributed by atoms with van der Waals surface area (Å²) in [6.45, 7) is -1.70. The minimum atomic E-state index is -4.72. The van der Waals surface area contributed by atoms with E-state index in [9.17, 15) is 26.7 Å². The molecule has 0 saturated heterocycles. The van der Waals surface area contributed by atoms with Crippen LogP contribution in [0.3, 0.4) is 0 Å². The van der Waals surface area contributed by atoms with Crippen molar-refractivity contribution in [2.24, 2.45) is 0 Å². The molecule has 2 heterocycles. The van der Waals surface area contributed by atoms with Gasteiger partial charge in [-0.2, -0.15) is 27.1 Å². The van der Waals surface area contributed by atoms with Gasteiger partial charge in [-0.05, 0) is 41.1 Å². The molecule has 0 fully saturated rings.